The number of non-ortho nitro benzene ring substituents is 1. The molecule has 0 heterocycles. The van der Waals surface area contributed by atoms with Crippen molar-refractivity contribution in [2.45, 2.75) is 24.3 Å². The van der Waals surface area contributed by atoms with Crippen LogP contribution in [0.25, 0.3) is 0 Å². The second kappa shape index (κ2) is 5.92. The van der Waals surface area contributed by atoms with E-state index in [0.717, 1.165) is 0 Å². The van der Waals surface area contributed by atoms with Crippen LogP contribution in [-0.4, -0.2) is 27.9 Å². The Kier molecular flexibility index (Phi) is 4.77. The zero-order chi connectivity index (χ0) is 14.6. The van der Waals surface area contributed by atoms with Gasteiger partial charge in [0.1, 0.15) is 10.5 Å². The van der Waals surface area contributed by atoms with E-state index >= 15 is 0 Å². The van der Waals surface area contributed by atoms with Crippen molar-refractivity contribution < 1.29 is 19.6 Å². The fourth-order valence-electron chi connectivity index (χ4n) is 1.31. The van der Waals surface area contributed by atoms with Gasteiger partial charge >= 0.3 is 5.97 Å². The molecule has 1 aromatic rings. The van der Waals surface area contributed by atoms with Gasteiger partial charge in [0.25, 0.3) is 5.69 Å². The van der Waals surface area contributed by atoms with Gasteiger partial charge in [0.05, 0.1) is 12.0 Å². The SMILES string of the molecule is COc1ccc([N+](=O)[O-])cc1CSC(C)(C)C(=O)O. The molecule has 0 unspecified atom stereocenters. The highest BCUT2D eigenvalue weighted by Crippen LogP contribution is 2.33. The van der Waals surface area contributed by atoms with Crippen molar-refractivity contribution in [1.82, 2.24) is 0 Å². The quantitative estimate of drug-likeness (QED) is 0.638. The second-order valence-corrected chi connectivity index (χ2v) is 5.96. The fourth-order valence-corrected chi connectivity index (χ4v) is 2.18. The molecule has 104 valence electrons. The van der Waals surface area contributed by atoms with E-state index in [1.54, 1.807) is 13.8 Å². The van der Waals surface area contributed by atoms with Crippen molar-refractivity contribution in [2.24, 2.45) is 0 Å². The third-order valence-electron chi connectivity index (χ3n) is 2.58. The first-order valence-corrected chi connectivity index (χ1v) is 6.45. The summed E-state index contributed by atoms with van der Waals surface area (Å²) in [7, 11) is 1.47. The third-order valence-corrected chi connectivity index (χ3v) is 3.93. The van der Waals surface area contributed by atoms with Gasteiger partial charge in [0.15, 0.2) is 0 Å². The summed E-state index contributed by atoms with van der Waals surface area (Å²) in [5.74, 6) is -0.0920. The second-order valence-electron chi connectivity index (χ2n) is 4.36. The van der Waals surface area contributed by atoms with Crippen molar-refractivity contribution in [3.8, 4) is 5.75 Å². The molecule has 1 N–H and O–H groups in total. The summed E-state index contributed by atoms with van der Waals surface area (Å²) in [5, 5.41) is 19.8. The fraction of sp³-hybridized carbons (Fsp3) is 0.417. The van der Waals surface area contributed by atoms with E-state index in [-0.39, 0.29) is 5.69 Å². The Bertz CT molecular complexity index is 501. The van der Waals surface area contributed by atoms with Crippen LogP contribution in [0.1, 0.15) is 19.4 Å². The number of nitro groups is 1. The lowest BCUT2D eigenvalue weighted by atomic mass is 10.2. The number of hydrogen-bond acceptors (Lipinski definition) is 5. The standard InChI is InChI=1S/C12H15NO5S/c1-12(2,11(14)15)19-7-8-6-9(13(16)17)4-5-10(8)18-3/h4-6H,7H2,1-3H3,(H,14,15). The van der Waals surface area contributed by atoms with Gasteiger partial charge in [0, 0.05) is 23.4 Å². The van der Waals surface area contributed by atoms with Gasteiger partial charge in [-0.25, -0.2) is 0 Å². The van der Waals surface area contributed by atoms with Crippen LogP contribution in [0, 0.1) is 10.1 Å². The first kappa shape index (κ1) is 15.3. The van der Waals surface area contributed by atoms with E-state index in [1.165, 1.54) is 37.1 Å². The first-order chi connectivity index (χ1) is 8.77. The van der Waals surface area contributed by atoms with Crippen molar-refractivity contribution >= 4 is 23.4 Å². The Hall–Kier alpha value is -1.76. The number of hydrogen-bond donors (Lipinski definition) is 1. The summed E-state index contributed by atoms with van der Waals surface area (Å²) in [6, 6.07) is 4.28. The predicted octanol–water partition coefficient (Wildman–Crippen LogP) is 2.70. The van der Waals surface area contributed by atoms with E-state index in [2.05, 4.69) is 0 Å². The maximum atomic E-state index is 11.0. The lowest BCUT2D eigenvalue weighted by Crippen LogP contribution is -2.27. The minimum absolute atomic E-state index is 0.0375. The van der Waals surface area contributed by atoms with Crippen molar-refractivity contribution in [2.75, 3.05) is 7.11 Å². The van der Waals surface area contributed by atoms with Gasteiger partial charge in [-0.05, 0) is 19.9 Å². The highest BCUT2D eigenvalue weighted by atomic mass is 32.2. The molecule has 7 heteroatoms. The van der Waals surface area contributed by atoms with Crippen molar-refractivity contribution in [3.63, 3.8) is 0 Å². The summed E-state index contributed by atoms with van der Waals surface area (Å²) in [5.41, 5.74) is 0.570. The molecule has 0 aliphatic carbocycles. The molecule has 19 heavy (non-hydrogen) atoms. The summed E-state index contributed by atoms with van der Waals surface area (Å²) < 4.78 is 4.16. The average molecular weight is 285 g/mol. The number of nitrogens with zero attached hydrogens (tertiary/aromatic N) is 1. The molecular weight excluding hydrogens is 270 g/mol. The zero-order valence-electron chi connectivity index (χ0n) is 10.9. The zero-order valence-corrected chi connectivity index (χ0v) is 11.7. The number of carboxylic acid groups (broad SMARTS) is 1. The number of nitro benzene ring substituents is 1. The molecule has 0 radical (unpaired) electrons. The van der Waals surface area contributed by atoms with E-state index < -0.39 is 15.6 Å². The van der Waals surface area contributed by atoms with Gasteiger partial charge in [-0.2, -0.15) is 0 Å². The van der Waals surface area contributed by atoms with Gasteiger partial charge in [-0.3, -0.25) is 14.9 Å². The number of carboxylic acids is 1. The number of thioether (sulfide) groups is 1. The third kappa shape index (κ3) is 3.85. The molecule has 1 rings (SSSR count). The molecule has 0 aromatic heterocycles. The summed E-state index contributed by atoms with van der Waals surface area (Å²) in [6.45, 7) is 3.17. The van der Waals surface area contributed by atoms with Crippen LogP contribution in [0.4, 0.5) is 5.69 Å². The topological polar surface area (TPSA) is 89.7 Å². The molecule has 0 atom stereocenters. The highest BCUT2D eigenvalue weighted by Gasteiger charge is 2.28. The van der Waals surface area contributed by atoms with Crippen LogP contribution in [-0.2, 0) is 10.5 Å². The normalized spacial score (nSPS) is 11.1. The molecule has 0 aliphatic heterocycles. The van der Waals surface area contributed by atoms with E-state index in [0.29, 0.717) is 17.1 Å². The summed E-state index contributed by atoms with van der Waals surface area (Å²) in [4.78, 5) is 21.2. The van der Waals surface area contributed by atoms with Gasteiger partial charge in [-0.15, -0.1) is 11.8 Å². The highest BCUT2D eigenvalue weighted by molar-refractivity contribution is 8.00. The molecule has 0 fully saturated rings. The van der Waals surface area contributed by atoms with Crippen molar-refractivity contribution in [1.29, 1.82) is 0 Å². The summed E-state index contributed by atoms with van der Waals surface area (Å²) >= 11 is 1.19. The Morgan fingerprint density at radius 3 is 2.63 bits per heavy atom. The number of carbonyl (C=O) groups is 1. The molecule has 0 amide bonds. The number of ether oxygens (including phenoxy) is 1. The first-order valence-electron chi connectivity index (χ1n) is 5.46. The van der Waals surface area contributed by atoms with Gasteiger partial charge in [-0.1, -0.05) is 0 Å². The maximum absolute atomic E-state index is 11.0. The summed E-state index contributed by atoms with van der Waals surface area (Å²) in [6.07, 6.45) is 0. The molecule has 6 nitrogen and oxygen atoms in total. The van der Waals surface area contributed by atoms with E-state index in [4.69, 9.17) is 9.84 Å². The molecule has 0 saturated heterocycles. The Morgan fingerprint density at radius 2 is 2.16 bits per heavy atom. The smallest absolute Gasteiger partial charge is 0.319 e. The Balaban J connectivity index is 2.96. The van der Waals surface area contributed by atoms with Crippen LogP contribution in [0.2, 0.25) is 0 Å². The molecule has 0 saturated carbocycles. The average Bonchev–Trinajstić information content (AvgIpc) is 2.35. The van der Waals surface area contributed by atoms with Crippen LogP contribution in [0.15, 0.2) is 18.2 Å². The number of benzene rings is 1. The predicted molar refractivity (Wildman–Crippen MR) is 72.7 cm³/mol. The largest absolute Gasteiger partial charge is 0.496 e. The Morgan fingerprint density at radius 1 is 1.53 bits per heavy atom. The molecule has 1 aromatic carbocycles. The van der Waals surface area contributed by atoms with Crippen LogP contribution >= 0.6 is 11.8 Å². The minimum Gasteiger partial charge on any atom is -0.496 e. The van der Waals surface area contributed by atoms with Crippen molar-refractivity contribution in [3.05, 3.63) is 33.9 Å². The number of aliphatic carboxylic acids is 1. The van der Waals surface area contributed by atoms with E-state index in [1.807, 2.05) is 0 Å². The minimum atomic E-state index is -0.963. The number of rotatable bonds is 6. The van der Waals surface area contributed by atoms with E-state index in [9.17, 15) is 14.9 Å². The molecule has 0 bridgehead atoms. The lowest BCUT2D eigenvalue weighted by Gasteiger charge is -2.19. The maximum Gasteiger partial charge on any atom is 0.319 e. The molecule has 0 spiro atoms. The van der Waals surface area contributed by atoms with Crippen LogP contribution in [0.3, 0.4) is 0 Å². The van der Waals surface area contributed by atoms with Gasteiger partial charge in [0.2, 0.25) is 0 Å². The number of methoxy groups -OCH3 is 1. The van der Waals surface area contributed by atoms with Crippen LogP contribution < -0.4 is 4.74 Å². The molecule has 0 aliphatic rings. The lowest BCUT2D eigenvalue weighted by molar-refractivity contribution is -0.384. The molecular formula is C12H15NO5S. The monoisotopic (exact) mass is 285 g/mol. The van der Waals surface area contributed by atoms with Gasteiger partial charge < -0.3 is 9.84 Å². The van der Waals surface area contributed by atoms with Crippen LogP contribution in [0.5, 0.6) is 5.75 Å². The Labute approximate surface area is 114 Å².